The topological polar surface area (TPSA) is 62.5 Å². The number of rotatable bonds is 4. The molecule has 0 N–H and O–H groups in total. The van der Waals surface area contributed by atoms with Crippen molar-refractivity contribution in [2.75, 3.05) is 24.6 Å². The van der Waals surface area contributed by atoms with Crippen molar-refractivity contribution in [2.45, 2.75) is 19.8 Å². The van der Waals surface area contributed by atoms with Gasteiger partial charge in [0.2, 0.25) is 5.13 Å². The average molecular weight is 292 g/mol. The SMILES string of the molecule is CCN(c1nc2ccc([N+](=O)[O-])cc2s1)N1CCCC1. The Morgan fingerprint density at radius 2 is 2.20 bits per heavy atom. The van der Waals surface area contributed by atoms with Gasteiger partial charge in [0.25, 0.3) is 5.69 Å². The van der Waals surface area contributed by atoms with Gasteiger partial charge in [0.05, 0.1) is 15.1 Å². The first-order valence-electron chi connectivity index (χ1n) is 6.76. The lowest BCUT2D eigenvalue weighted by Gasteiger charge is -2.29. The summed E-state index contributed by atoms with van der Waals surface area (Å²) in [5.41, 5.74) is 0.949. The number of hydrazine groups is 1. The van der Waals surface area contributed by atoms with E-state index in [4.69, 9.17) is 0 Å². The molecule has 2 aromatic rings. The third-order valence-corrected chi connectivity index (χ3v) is 4.55. The Morgan fingerprint density at radius 3 is 2.85 bits per heavy atom. The van der Waals surface area contributed by atoms with Crippen molar-refractivity contribution in [3.05, 3.63) is 28.3 Å². The number of thiazole rings is 1. The summed E-state index contributed by atoms with van der Waals surface area (Å²) in [5.74, 6) is 0. The molecule has 7 heteroatoms. The Morgan fingerprint density at radius 1 is 1.45 bits per heavy atom. The fraction of sp³-hybridized carbons (Fsp3) is 0.462. The van der Waals surface area contributed by atoms with Gasteiger partial charge in [0.15, 0.2) is 0 Å². The van der Waals surface area contributed by atoms with Crippen molar-refractivity contribution >= 4 is 32.4 Å². The fourth-order valence-electron chi connectivity index (χ4n) is 2.52. The smallest absolute Gasteiger partial charge is 0.270 e. The highest BCUT2D eigenvalue weighted by atomic mass is 32.1. The van der Waals surface area contributed by atoms with Gasteiger partial charge in [-0.15, -0.1) is 0 Å². The number of hydrogen-bond acceptors (Lipinski definition) is 6. The van der Waals surface area contributed by atoms with Crippen molar-refractivity contribution < 1.29 is 4.92 Å². The summed E-state index contributed by atoms with van der Waals surface area (Å²) in [7, 11) is 0. The lowest BCUT2D eigenvalue weighted by molar-refractivity contribution is -0.384. The van der Waals surface area contributed by atoms with Gasteiger partial charge in [-0.25, -0.2) is 9.99 Å². The lowest BCUT2D eigenvalue weighted by Crippen LogP contribution is -2.40. The number of nitrogens with zero attached hydrogens (tertiary/aromatic N) is 4. The molecule has 6 nitrogen and oxygen atoms in total. The number of aromatic nitrogens is 1. The third kappa shape index (κ3) is 2.34. The summed E-state index contributed by atoms with van der Waals surface area (Å²) < 4.78 is 0.867. The predicted molar refractivity (Wildman–Crippen MR) is 80.1 cm³/mol. The number of nitro groups is 1. The van der Waals surface area contributed by atoms with E-state index < -0.39 is 0 Å². The summed E-state index contributed by atoms with van der Waals surface area (Å²) >= 11 is 1.52. The van der Waals surface area contributed by atoms with Gasteiger partial charge in [0.1, 0.15) is 0 Å². The third-order valence-electron chi connectivity index (χ3n) is 3.52. The molecule has 1 aromatic heterocycles. The van der Waals surface area contributed by atoms with E-state index in [9.17, 15) is 10.1 Å². The second-order valence-electron chi connectivity index (χ2n) is 4.78. The van der Waals surface area contributed by atoms with Crippen molar-refractivity contribution in [1.82, 2.24) is 9.99 Å². The van der Waals surface area contributed by atoms with Crippen LogP contribution in [0.5, 0.6) is 0 Å². The standard InChI is InChI=1S/C13H16N4O2S/c1-2-16(15-7-3-4-8-15)13-14-11-6-5-10(17(18)19)9-12(11)20-13/h5-6,9H,2-4,7-8H2,1H3. The molecule has 0 radical (unpaired) electrons. The Labute approximate surface area is 120 Å². The van der Waals surface area contributed by atoms with E-state index in [1.165, 1.54) is 30.2 Å². The molecule has 0 unspecified atom stereocenters. The lowest BCUT2D eigenvalue weighted by atomic mass is 10.3. The second kappa shape index (κ2) is 5.34. The van der Waals surface area contributed by atoms with E-state index in [0.29, 0.717) is 0 Å². The van der Waals surface area contributed by atoms with Gasteiger partial charge < -0.3 is 0 Å². The molecule has 1 aromatic carbocycles. The maximum absolute atomic E-state index is 10.8. The highest BCUT2D eigenvalue weighted by Gasteiger charge is 2.21. The molecular weight excluding hydrogens is 276 g/mol. The monoisotopic (exact) mass is 292 g/mol. The van der Waals surface area contributed by atoms with Crippen LogP contribution < -0.4 is 5.01 Å². The molecule has 1 saturated heterocycles. The molecule has 2 heterocycles. The minimum atomic E-state index is -0.364. The van der Waals surface area contributed by atoms with Crippen molar-refractivity contribution in [3.63, 3.8) is 0 Å². The van der Waals surface area contributed by atoms with E-state index in [2.05, 4.69) is 21.9 Å². The molecule has 1 aliphatic rings. The van der Waals surface area contributed by atoms with Crippen LogP contribution in [0.25, 0.3) is 10.2 Å². The summed E-state index contributed by atoms with van der Waals surface area (Å²) in [5, 5.41) is 16.2. The average Bonchev–Trinajstić information content (AvgIpc) is 3.07. The molecule has 0 saturated carbocycles. The van der Waals surface area contributed by atoms with E-state index >= 15 is 0 Å². The summed E-state index contributed by atoms with van der Waals surface area (Å²) in [4.78, 5) is 15.1. The number of nitro benzene ring substituents is 1. The van der Waals surface area contributed by atoms with Crippen LogP contribution in [0.2, 0.25) is 0 Å². The van der Waals surface area contributed by atoms with Crippen LogP contribution in [-0.4, -0.2) is 34.6 Å². The summed E-state index contributed by atoms with van der Waals surface area (Å²) in [6, 6.07) is 4.84. The zero-order valence-corrected chi connectivity index (χ0v) is 12.1. The van der Waals surface area contributed by atoms with Crippen LogP contribution in [0.1, 0.15) is 19.8 Å². The molecule has 0 bridgehead atoms. The molecule has 3 rings (SSSR count). The molecule has 1 fully saturated rings. The zero-order valence-electron chi connectivity index (χ0n) is 11.3. The second-order valence-corrected chi connectivity index (χ2v) is 5.79. The van der Waals surface area contributed by atoms with Gasteiger partial charge in [-0.1, -0.05) is 11.3 Å². The highest BCUT2D eigenvalue weighted by molar-refractivity contribution is 7.22. The van der Waals surface area contributed by atoms with Crippen molar-refractivity contribution in [1.29, 1.82) is 0 Å². The van der Waals surface area contributed by atoms with Gasteiger partial charge in [-0.3, -0.25) is 15.1 Å². The minimum absolute atomic E-state index is 0.122. The van der Waals surface area contributed by atoms with Crippen LogP contribution in [0.15, 0.2) is 18.2 Å². The first-order valence-corrected chi connectivity index (χ1v) is 7.58. The van der Waals surface area contributed by atoms with Gasteiger partial charge in [-0.05, 0) is 25.8 Å². The van der Waals surface area contributed by atoms with Gasteiger partial charge in [0, 0.05) is 31.8 Å². The largest absolute Gasteiger partial charge is 0.281 e. The maximum atomic E-state index is 10.8. The van der Waals surface area contributed by atoms with E-state index in [1.807, 2.05) is 0 Å². The van der Waals surface area contributed by atoms with Gasteiger partial charge in [-0.2, -0.15) is 0 Å². The number of anilines is 1. The summed E-state index contributed by atoms with van der Waals surface area (Å²) in [6.45, 7) is 5.09. The number of hydrogen-bond donors (Lipinski definition) is 0. The fourth-order valence-corrected chi connectivity index (χ4v) is 3.61. The Bertz CT molecular complexity index is 636. The molecule has 0 amide bonds. The van der Waals surface area contributed by atoms with E-state index in [-0.39, 0.29) is 10.6 Å². The Balaban J connectivity index is 1.96. The molecular formula is C13H16N4O2S. The van der Waals surface area contributed by atoms with Crippen LogP contribution in [-0.2, 0) is 0 Å². The molecule has 0 atom stereocenters. The number of benzene rings is 1. The molecule has 20 heavy (non-hydrogen) atoms. The molecule has 106 valence electrons. The van der Waals surface area contributed by atoms with E-state index in [1.54, 1.807) is 12.1 Å². The van der Waals surface area contributed by atoms with E-state index in [0.717, 1.165) is 35.0 Å². The molecule has 0 spiro atoms. The normalized spacial score (nSPS) is 15.8. The number of non-ortho nitro benzene ring substituents is 1. The molecule has 0 aliphatic carbocycles. The Kier molecular flexibility index (Phi) is 3.54. The maximum Gasteiger partial charge on any atom is 0.270 e. The quantitative estimate of drug-likeness (QED) is 0.640. The number of fused-ring (bicyclic) bond motifs is 1. The van der Waals surface area contributed by atoms with Gasteiger partial charge >= 0.3 is 0 Å². The summed E-state index contributed by atoms with van der Waals surface area (Å²) in [6.07, 6.45) is 2.43. The van der Waals surface area contributed by atoms with Crippen LogP contribution >= 0.6 is 11.3 Å². The Hall–Kier alpha value is -1.73. The minimum Gasteiger partial charge on any atom is -0.281 e. The van der Waals surface area contributed by atoms with Crippen LogP contribution in [0.4, 0.5) is 10.8 Å². The van der Waals surface area contributed by atoms with Crippen molar-refractivity contribution in [3.8, 4) is 0 Å². The van der Waals surface area contributed by atoms with Crippen molar-refractivity contribution in [2.24, 2.45) is 0 Å². The highest BCUT2D eigenvalue weighted by Crippen LogP contribution is 2.32. The molecule has 1 aliphatic heterocycles. The van der Waals surface area contributed by atoms with Crippen LogP contribution in [0, 0.1) is 10.1 Å². The van der Waals surface area contributed by atoms with Crippen LogP contribution in [0.3, 0.4) is 0 Å². The first-order chi connectivity index (χ1) is 9.69. The first kappa shape index (κ1) is 13.3. The zero-order chi connectivity index (χ0) is 14.1. The predicted octanol–water partition coefficient (Wildman–Crippen LogP) is 3.04.